The van der Waals surface area contributed by atoms with Crippen LogP contribution in [0, 0.1) is 5.92 Å². The molecular weight excluding hydrogens is 591 g/mol. The minimum absolute atomic E-state index is 0.00640. The first-order chi connectivity index (χ1) is 21.0. The molecule has 248 valence electrons. The number of aliphatic imine (C=N–C) groups is 1. The number of likely N-dealkylation sites (tertiary alicyclic amines) is 1. The van der Waals surface area contributed by atoms with Crippen molar-refractivity contribution in [3.63, 3.8) is 0 Å². The molecule has 1 N–H and O–H groups in total. The Kier molecular flexibility index (Phi) is 10.5. The van der Waals surface area contributed by atoms with Gasteiger partial charge in [-0.1, -0.05) is 49.4 Å². The van der Waals surface area contributed by atoms with E-state index >= 15 is 0 Å². The van der Waals surface area contributed by atoms with Gasteiger partial charge in [-0.3, -0.25) is 5.32 Å². The van der Waals surface area contributed by atoms with Gasteiger partial charge in [0.2, 0.25) is 17.7 Å². The first-order valence-electron chi connectivity index (χ1n) is 15.6. The fourth-order valence-corrected chi connectivity index (χ4v) is 5.73. The van der Waals surface area contributed by atoms with Crippen LogP contribution in [0.15, 0.2) is 27.7 Å². The molecule has 0 spiro atoms. The van der Waals surface area contributed by atoms with Crippen LogP contribution in [-0.4, -0.2) is 50.9 Å². The Morgan fingerprint density at radius 2 is 1.69 bits per heavy atom. The topological polar surface area (TPSA) is 119 Å². The van der Waals surface area contributed by atoms with Gasteiger partial charge in [0, 0.05) is 12.1 Å². The van der Waals surface area contributed by atoms with E-state index in [1.807, 2.05) is 0 Å². The summed E-state index contributed by atoms with van der Waals surface area (Å²) in [6.07, 6.45) is 1.54. The molecule has 1 aromatic heterocycles. The Morgan fingerprint density at radius 1 is 1.00 bits per heavy atom. The molecule has 0 unspecified atom stereocenters. The number of hydrogen-bond donors (Lipinski definition) is 1. The summed E-state index contributed by atoms with van der Waals surface area (Å²) in [4.78, 5) is 35.4. The van der Waals surface area contributed by atoms with Crippen molar-refractivity contribution >= 4 is 18.1 Å². The van der Waals surface area contributed by atoms with Crippen molar-refractivity contribution in [1.82, 2.24) is 20.4 Å². The number of hydrogen-bond acceptors (Lipinski definition) is 7. The monoisotopic (exact) mass is 635 g/mol. The zero-order valence-corrected chi connectivity index (χ0v) is 26.9. The maximum absolute atomic E-state index is 14.1. The van der Waals surface area contributed by atoms with Gasteiger partial charge in [-0.05, 0) is 84.8 Å². The highest BCUT2D eigenvalue weighted by atomic mass is 19.4. The van der Waals surface area contributed by atoms with E-state index in [0.717, 1.165) is 38.2 Å². The molecule has 0 bridgehead atoms. The number of aromatic nitrogens is 2. The molecule has 2 aromatic rings. The van der Waals surface area contributed by atoms with Gasteiger partial charge < -0.3 is 18.9 Å². The highest BCUT2D eigenvalue weighted by Crippen LogP contribution is 2.37. The van der Waals surface area contributed by atoms with E-state index in [-0.39, 0.29) is 28.8 Å². The summed E-state index contributed by atoms with van der Waals surface area (Å²) in [7, 11) is 0. The zero-order chi connectivity index (χ0) is 33.0. The molecule has 1 aliphatic heterocycles. The minimum Gasteiger partial charge on any atom is -0.444 e. The fourth-order valence-electron chi connectivity index (χ4n) is 5.73. The SMILES string of the molecule is CC(C)(C)OC(=O)/N=C(\NC(=O)OC(C)(C)C)N1CCC[C@H]1c1nc(-c2ccc(CCC3CCCCC3)c(C(F)(F)F)c2)no1. The lowest BCUT2D eigenvalue weighted by atomic mass is 9.84. The van der Waals surface area contributed by atoms with E-state index in [1.165, 1.54) is 12.5 Å². The van der Waals surface area contributed by atoms with E-state index in [4.69, 9.17) is 14.0 Å². The Hall–Kier alpha value is -3.64. The predicted octanol–water partition coefficient (Wildman–Crippen LogP) is 8.22. The van der Waals surface area contributed by atoms with Gasteiger partial charge >= 0.3 is 18.4 Å². The predicted molar refractivity (Wildman–Crippen MR) is 161 cm³/mol. The molecule has 1 saturated heterocycles. The van der Waals surface area contributed by atoms with Crippen LogP contribution in [0.2, 0.25) is 0 Å². The summed E-state index contributed by atoms with van der Waals surface area (Å²) in [6, 6.07) is 3.57. The number of guanidine groups is 1. The number of nitrogens with zero attached hydrogens (tertiary/aromatic N) is 4. The summed E-state index contributed by atoms with van der Waals surface area (Å²) in [6.45, 7) is 10.5. The Bertz CT molecular complexity index is 1370. The first-order valence-corrected chi connectivity index (χ1v) is 15.6. The van der Waals surface area contributed by atoms with Gasteiger partial charge in [0.1, 0.15) is 17.2 Å². The third-order valence-electron chi connectivity index (χ3n) is 7.68. The van der Waals surface area contributed by atoms with E-state index in [9.17, 15) is 22.8 Å². The number of ether oxygens (including phenoxy) is 2. The molecule has 2 fully saturated rings. The second-order valence-electron chi connectivity index (χ2n) is 13.8. The number of rotatable bonds is 5. The lowest BCUT2D eigenvalue weighted by Gasteiger charge is -2.27. The van der Waals surface area contributed by atoms with E-state index in [1.54, 1.807) is 52.5 Å². The van der Waals surface area contributed by atoms with Crippen LogP contribution in [0.3, 0.4) is 0 Å². The molecule has 1 atom stereocenters. The third kappa shape index (κ3) is 9.92. The number of halogens is 3. The second-order valence-corrected chi connectivity index (χ2v) is 13.8. The van der Waals surface area contributed by atoms with Crippen LogP contribution in [0.25, 0.3) is 11.4 Å². The molecule has 2 heterocycles. The molecule has 10 nitrogen and oxygen atoms in total. The maximum Gasteiger partial charge on any atom is 0.437 e. The first kappa shape index (κ1) is 34.2. The standard InChI is InChI=1S/C32H44F3N5O5/c1-30(2,3)43-28(41)37-27(38-29(42)44-31(4,5)6)40-18-10-13-24(40)26-36-25(39-45-26)22-17-16-21(23(19-22)32(33,34)35)15-14-20-11-8-7-9-12-20/h16-17,19-20,24H,7-15,18H2,1-6H3,(H,37,38,41,42)/t24-/m0/s1. The molecule has 1 aliphatic carbocycles. The summed E-state index contributed by atoms with van der Waals surface area (Å²) in [5.41, 5.74) is -1.90. The maximum atomic E-state index is 14.1. The Balaban J connectivity index is 1.58. The van der Waals surface area contributed by atoms with E-state index in [2.05, 4.69) is 20.4 Å². The summed E-state index contributed by atoms with van der Waals surface area (Å²) >= 11 is 0. The molecule has 2 aliphatic rings. The van der Waals surface area contributed by atoms with Crippen molar-refractivity contribution in [3.05, 3.63) is 35.2 Å². The van der Waals surface area contributed by atoms with Crippen molar-refractivity contribution in [2.75, 3.05) is 6.54 Å². The van der Waals surface area contributed by atoms with Crippen LogP contribution in [-0.2, 0) is 22.1 Å². The van der Waals surface area contributed by atoms with Gasteiger partial charge in [0.25, 0.3) is 0 Å². The molecule has 4 rings (SSSR count). The van der Waals surface area contributed by atoms with Gasteiger partial charge in [-0.25, -0.2) is 9.59 Å². The molecule has 13 heteroatoms. The highest BCUT2D eigenvalue weighted by molar-refractivity contribution is 5.99. The number of aryl methyl sites for hydroxylation is 1. The molecule has 45 heavy (non-hydrogen) atoms. The van der Waals surface area contributed by atoms with Crippen LogP contribution in [0.5, 0.6) is 0 Å². The number of alkyl carbamates (subject to hydrolysis) is 1. The smallest absolute Gasteiger partial charge is 0.437 e. The zero-order valence-electron chi connectivity index (χ0n) is 26.9. The fraction of sp³-hybridized carbons (Fsp3) is 0.656. The molecular formula is C32H44F3N5O5. The normalized spacial score (nSPS) is 18.6. The minimum atomic E-state index is -4.53. The number of benzene rings is 1. The van der Waals surface area contributed by atoms with E-state index in [0.29, 0.717) is 31.7 Å². The summed E-state index contributed by atoms with van der Waals surface area (Å²) < 4.78 is 58.7. The van der Waals surface area contributed by atoms with Crippen LogP contribution in [0.1, 0.15) is 116 Å². The average Bonchev–Trinajstić information content (AvgIpc) is 3.59. The number of amides is 2. The second kappa shape index (κ2) is 13.8. The van der Waals surface area contributed by atoms with Crippen molar-refractivity contribution in [2.45, 2.75) is 123 Å². The average molecular weight is 636 g/mol. The van der Waals surface area contributed by atoms with Crippen LogP contribution >= 0.6 is 0 Å². The van der Waals surface area contributed by atoms with Gasteiger partial charge in [0.15, 0.2) is 0 Å². The Labute approximate surface area is 262 Å². The van der Waals surface area contributed by atoms with Crippen molar-refractivity contribution < 1.29 is 36.8 Å². The van der Waals surface area contributed by atoms with Gasteiger partial charge in [-0.2, -0.15) is 18.2 Å². The number of carbonyl (C=O) groups is 2. The van der Waals surface area contributed by atoms with Gasteiger partial charge in [0.05, 0.1) is 5.56 Å². The molecule has 1 aromatic carbocycles. The number of alkyl halides is 3. The lowest BCUT2D eigenvalue weighted by molar-refractivity contribution is -0.138. The molecule has 2 amide bonds. The largest absolute Gasteiger partial charge is 0.444 e. The van der Waals surface area contributed by atoms with E-state index < -0.39 is 41.2 Å². The molecule has 0 radical (unpaired) electrons. The Morgan fingerprint density at radius 3 is 2.33 bits per heavy atom. The number of carbonyl (C=O) groups excluding carboxylic acids is 2. The third-order valence-corrected chi connectivity index (χ3v) is 7.68. The quantitative estimate of drug-likeness (QED) is 0.258. The summed E-state index contributed by atoms with van der Waals surface area (Å²) in [5, 5.41) is 6.53. The molecule has 1 saturated carbocycles. The summed E-state index contributed by atoms with van der Waals surface area (Å²) in [5.74, 6) is 0.455. The lowest BCUT2D eigenvalue weighted by Crippen LogP contribution is -2.46. The van der Waals surface area contributed by atoms with Crippen LogP contribution < -0.4 is 5.32 Å². The number of nitrogens with one attached hydrogen (secondary N) is 1. The highest BCUT2D eigenvalue weighted by Gasteiger charge is 2.37. The van der Waals surface area contributed by atoms with Crippen molar-refractivity contribution in [3.8, 4) is 11.4 Å². The van der Waals surface area contributed by atoms with Gasteiger partial charge in [-0.15, -0.1) is 4.99 Å². The van der Waals surface area contributed by atoms with Crippen molar-refractivity contribution in [2.24, 2.45) is 10.9 Å². The van der Waals surface area contributed by atoms with Crippen molar-refractivity contribution in [1.29, 1.82) is 0 Å². The van der Waals surface area contributed by atoms with Crippen LogP contribution in [0.4, 0.5) is 22.8 Å².